The van der Waals surface area contributed by atoms with Crippen molar-refractivity contribution >= 4 is 17.8 Å². The topological polar surface area (TPSA) is 71.1 Å². The fourth-order valence-corrected chi connectivity index (χ4v) is 2.89. The molecular weight excluding hydrogens is 396 g/mol. The molecule has 0 radical (unpaired) electrons. The number of allylic oxidation sites excluding steroid dienone is 1. The van der Waals surface area contributed by atoms with Crippen molar-refractivity contribution in [3.63, 3.8) is 0 Å². The minimum atomic E-state index is -0.540. The summed E-state index contributed by atoms with van der Waals surface area (Å²) in [6, 6.07) is 18.5. The molecule has 0 aromatic heterocycles. The lowest BCUT2D eigenvalue weighted by Crippen LogP contribution is -2.10. The molecule has 3 aromatic carbocycles. The smallest absolute Gasteiger partial charge is 0.347 e. The van der Waals surface area contributed by atoms with E-state index in [4.69, 9.17) is 18.9 Å². The van der Waals surface area contributed by atoms with E-state index in [-0.39, 0.29) is 5.78 Å². The summed E-state index contributed by atoms with van der Waals surface area (Å²) in [5.41, 5.74) is 1.49. The predicted octanol–water partition coefficient (Wildman–Crippen LogP) is 4.83. The number of carbonyl (C=O) groups is 2. The molecule has 6 nitrogen and oxygen atoms in total. The maximum absolute atomic E-state index is 12.5. The van der Waals surface area contributed by atoms with E-state index in [9.17, 15) is 9.59 Å². The molecule has 0 spiro atoms. The van der Waals surface area contributed by atoms with E-state index in [1.165, 1.54) is 13.2 Å². The lowest BCUT2D eigenvalue weighted by Gasteiger charge is -2.08. The van der Waals surface area contributed by atoms with E-state index in [0.29, 0.717) is 34.1 Å². The van der Waals surface area contributed by atoms with Crippen molar-refractivity contribution in [2.45, 2.75) is 0 Å². The number of methoxy groups -OCH3 is 3. The SMILES string of the molecule is COc1ccc(OC)c(/C=C/C(=O)c2ccc(OC(=O)c3ccccc3OC)cc2)c1. The Kier molecular flexibility index (Phi) is 7.06. The first-order valence-electron chi connectivity index (χ1n) is 9.45. The molecule has 0 aliphatic rings. The monoisotopic (exact) mass is 418 g/mol. The first kappa shape index (κ1) is 21.6. The van der Waals surface area contributed by atoms with Crippen LogP contribution >= 0.6 is 0 Å². The Morgan fingerprint density at radius 2 is 1.42 bits per heavy atom. The highest BCUT2D eigenvalue weighted by molar-refractivity contribution is 6.07. The predicted molar refractivity (Wildman–Crippen MR) is 117 cm³/mol. The molecular formula is C25H22O6. The number of carbonyl (C=O) groups excluding carboxylic acids is 2. The van der Waals surface area contributed by atoms with Crippen molar-refractivity contribution < 1.29 is 28.5 Å². The van der Waals surface area contributed by atoms with Crippen molar-refractivity contribution in [3.8, 4) is 23.0 Å². The number of ether oxygens (including phenoxy) is 4. The van der Waals surface area contributed by atoms with Crippen LogP contribution in [-0.4, -0.2) is 33.1 Å². The number of para-hydroxylation sites is 1. The summed E-state index contributed by atoms with van der Waals surface area (Å²) in [5, 5.41) is 0. The average molecular weight is 418 g/mol. The first-order chi connectivity index (χ1) is 15.0. The molecule has 0 aliphatic heterocycles. The number of esters is 1. The van der Waals surface area contributed by atoms with Gasteiger partial charge in [-0.15, -0.1) is 0 Å². The Hall–Kier alpha value is -4.06. The normalized spacial score (nSPS) is 10.5. The van der Waals surface area contributed by atoms with Crippen LogP contribution in [0.2, 0.25) is 0 Å². The molecule has 0 saturated carbocycles. The zero-order chi connectivity index (χ0) is 22.2. The van der Waals surface area contributed by atoms with Crippen molar-refractivity contribution in [1.82, 2.24) is 0 Å². The van der Waals surface area contributed by atoms with Gasteiger partial charge in [0.15, 0.2) is 5.78 Å². The standard InChI is InChI=1S/C25H22O6/c1-28-20-13-15-23(29-2)18(16-20)10-14-22(26)17-8-11-19(12-9-17)31-25(27)21-6-4-5-7-24(21)30-3/h4-16H,1-3H3/b14-10+. The van der Waals surface area contributed by atoms with E-state index in [0.717, 1.165) is 5.56 Å². The number of rotatable bonds is 8. The highest BCUT2D eigenvalue weighted by Gasteiger charge is 2.14. The summed E-state index contributed by atoms with van der Waals surface area (Å²) < 4.78 is 21.1. The minimum absolute atomic E-state index is 0.201. The summed E-state index contributed by atoms with van der Waals surface area (Å²) in [7, 11) is 4.62. The molecule has 0 aliphatic carbocycles. The molecule has 158 valence electrons. The first-order valence-corrected chi connectivity index (χ1v) is 9.45. The van der Waals surface area contributed by atoms with E-state index in [1.54, 1.807) is 87.0 Å². The van der Waals surface area contributed by atoms with Crippen LogP contribution in [0.5, 0.6) is 23.0 Å². The lowest BCUT2D eigenvalue weighted by molar-refractivity contribution is 0.0731. The van der Waals surface area contributed by atoms with Gasteiger partial charge in [-0.2, -0.15) is 0 Å². The molecule has 31 heavy (non-hydrogen) atoms. The molecule has 0 fully saturated rings. The van der Waals surface area contributed by atoms with Gasteiger partial charge in [-0.1, -0.05) is 12.1 Å². The third-order valence-corrected chi connectivity index (χ3v) is 4.53. The van der Waals surface area contributed by atoms with Gasteiger partial charge in [0.25, 0.3) is 0 Å². The van der Waals surface area contributed by atoms with E-state index in [1.807, 2.05) is 0 Å². The van der Waals surface area contributed by atoms with E-state index >= 15 is 0 Å². The van der Waals surface area contributed by atoms with Gasteiger partial charge >= 0.3 is 5.97 Å². The Labute approximate surface area is 180 Å². The molecule has 3 aromatic rings. The highest BCUT2D eigenvalue weighted by atomic mass is 16.5. The Bertz CT molecular complexity index is 1100. The second-order valence-corrected chi connectivity index (χ2v) is 6.42. The van der Waals surface area contributed by atoms with Crippen molar-refractivity contribution in [1.29, 1.82) is 0 Å². The van der Waals surface area contributed by atoms with Gasteiger partial charge in [-0.25, -0.2) is 4.79 Å². The van der Waals surface area contributed by atoms with Crippen LogP contribution in [0.25, 0.3) is 6.08 Å². The molecule has 3 rings (SSSR count). The molecule has 0 amide bonds. The second-order valence-electron chi connectivity index (χ2n) is 6.42. The van der Waals surface area contributed by atoms with Gasteiger partial charge in [-0.3, -0.25) is 4.79 Å². The fraction of sp³-hybridized carbons (Fsp3) is 0.120. The summed E-state index contributed by atoms with van der Waals surface area (Å²) in [6.45, 7) is 0. The highest BCUT2D eigenvalue weighted by Crippen LogP contribution is 2.25. The fourth-order valence-electron chi connectivity index (χ4n) is 2.89. The van der Waals surface area contributed by atoms with Gasteiger partial charge in [-0.05, 0) is 66.7 Å². The second kappa shape index (κ2) is 10.1. The summed E-state index contributed by atoms with van der Waals surface area (Å²) >= 11 is 0. The maximum Gasteiger partial charge on any atom is 0.347 e. The summed E-state index contributed by atoms with van der Waals surface area (Å²) in [5.74, 6) is 1.30. The zero-order valence-corrected chi connectivity index (χ0v) is 17.5. The Balaban J connectivity index is 1.71. The van der Waals surface area contributed by atoms with E-state index in [2.05, 4.69) is 0 Å². The molecule has 0 saturated heterocycles. The Morgan fingerprint density at radius 3 is 2.10 bits per heavy atom. The van der Waals surface area contributed by atoms with Crippen molar-refractivity contribution in [3.05, 3.63) is 89.5 Å². The quantitative estimate of drug-likeness (QED) is 0.226. The van der Waals surface area contributed by atoms with Gasteiger partial charge < -0.3 is 18.9 Å². The summed E-state index contributed by atoms with van der Waals surface area (Å²) in [6.07, 6.45) is 3.12. The van der Waals surface area contributed by atoms with Crippen molar-refractivity contribution in [2.75, 3.05) is 21.3 Å². The molecule has 0 N–H and O–H groups in total. The Morgan fingerprint density at radius 1 is 0.742 bits per heavy atom. The zero-order valence-electron chi connectivity index (χ0n) is 17.5. The van der Waals surface area contributed by atoms with Crippen molar-refractivity contribution in [2.24, 2.45) is 0 Å². The number of hydrogen-bond acceptors (Lipinski definition) is 6. The minimum Gasteiger partial charge on any atom is -0.497 e. The molecule has 0 bridgehead atoms. The van der Waals surface area contributed by atoms with Gasteiger partial charge in [0.05, 0.1) is 21.3 Å². The summed E-state index contributed by atoms with van der Waals surface area (Å²) in [4.78, 5) is 24.9. The van der Waals surface area contributed by atoms with Gasteiger partial charge in [0, 0.05) is 11.1 Å². The third-order valence-electron chi connectivity index (χ3n) is 4.53. The van der Waals surface area contributed by atoms with Gasteiger partial charge in [0.1, 0.15) is 28.6 Å². The average Bonchev–Trinajstić information content (AvgIpc) is 2.82. The van der Waals surface area contributed by atoms with E-state index < -0.39 is 5.97 Å². The molecule has 6 heteroatoms. The third kappa shape index (κ3) is 5.30. The van der Waals surface area contributed by atoms with Crippen LogP contribution in [0, 0.1) is 0 Å². The molecule has 0 atom stereocenters. The lowest BCUT2D eigenvalue weighted by atomic mass is 10.1. The van der Waals surface area contributed by atoms with Crippen LogP contribution in [-0.2, 0) is 0 Å². The van der Waals surface area contributed by atoms with Crippen LogP contribution in [0.4, 0.5) is 0 Å². The van der Waals surface area contributed by atoms with Crippen LogP contribution in [0.3, 0.4) is 0 Å². The van der Waals surface area contributed by atoms with Gasteiger partial charge in [0.2, 0.25) is 0 Å². The van der Waals surface area contributed by atoms with Crippen LogP contribution in [0.1, 0.15) is 26.3 Å². The van der Waals surface area contributed by atoms with Crippen LogP contribution in [0.15, 0.2) is 72.8 Å². The molecule has 0 unspecified atom stereocenters. The number of hydrogen-bond donors (Lipinski definition) is 0. The van der Waals surface area contributed by atoms with Crippen LogP contribution < -0.4 is 18.9 Å². The largest absolute Gasteiger partial charge is 0.497 e. The maximum atomic E-state index is 12.5. The number of ketones is 1. The molecule has 0 heterocycles. The number of benzene rings is 3.